The molecule has 2 aromatic carbocycles. The summed E-state index contributed by atoms with van der Waals surface area (Å²) >= 11 is 12.0. The van der Waals surface area contributed by atoms with Crippen LogP contribution in [0.4, 0.5) is 0 Å². The van der Waals surface area contributed by atoms with Gasteiger partial charge in [0.25, 0.3) is 5.91 Å². The number of cyclic esters (lactones) is 1. The van der Waals surface area contributed by atoms with Gasteiger partial charge in [-0.2, -0.15) is 0 Å². The van der Waals surface area contributed by atoms with Crippen LogP contribution in [0.2, 0.25) is 10.0 Å². The third-order valence-electron chi connectivity index (χ3n) is 3.94. The molecule has 1 aliphatic heterocycles. The molecule has 29 heavy (non-hydrogen) atoms. The monoisotopic (exact) mass is 435 g/mol. The lowest BCUT2D eigenvalue weighted by molar-refractivity contribution is -0.190. The van der Waals surface area contributed by atoms with Gasteiger partial charge in [-0.1, -0.05) is 59.6 Å². The first kappa shape index (κ1) is 21.2. The zero-order valence-corrected chi connectivity index (χ0v) is 17.4. The number of nitrogens with zero attached hydrogens (tertiary/aromatic N) is 1. The van der Waals surface area contributed by atoms with Crippen molar-refractivity contribution in [3.63, 3.8) is 0 Å². The Hall–Kier alpha value is -2.54. The Kier molecular flexibility index (Phi) is 6.47. The Labute approximate surface area is 178 Å². The lowest BCUT2D eigenvalue weighted by Crippen LogP contribution is -2.30. The van der Waals surface area contributed by atoms with Gasteiger partial charge < -0.3 is 9.47 Å². The molecule has 6 nitrogen and oxygen atoms in total. The molecule has 0 atom stereocenters. The predicted molar refractivity (Wildman–Crippen MR) is 108 cm³/mol. The minimum Gasteiger partial charge on any atom is -0.445 e. The Morgan fingerprint density at radius 3 is 2.41 bits per heavy atom. The smallest absolute Gasteiger partial charge is 0.377 e. The van der Waals surface area contributed by atoms with Gasteiger partial charge in [0.05, 0.1) is 22.7 Å². The molecule has 8 heteroatoms. The molecule has 1 fully saturated rings. The van der Waals surface area contributed by atoms with Crippen LogP contribution in [0, 0.1) is 0 Å². The molecule has 0 aliphatic carbocycles. The number of benzene rings is 2. The van der Waals surface area contributed by atoms with Crippen LogP contribution in [-0.4, -0.2) is 22.7 Å². The Morgan fingerprint density at radius 1 is 1.07 bits per heavy atom. The predicted octanol–water partition coefficient (Wildman–Crippen LogP) is 4.65. The third kappa shape index (κ3) is 5.73. The van der Waals surface area contributed by atoms with Crippen LogP contribution in [-0.2, 0) is 37.1 Å². The van der Waals surface area contributed by atoms with Crippen molar-refractivity contribution < 1.29 is 23.9 Å². The van der Waals surface area contributed by atoms with Crippen LogP contribution in [0.5, 0.6) is 0 Å². The maximum absolute atomic E-state index is 12.8. The summed E-state index contributed by atoms with van der Waals surface area (Å²) in [6, 6.07) is 14.4. The van der Waals surface area contributed by atoms with Gasteiger partial charge in [0, 0.05) is 13.8 Å². The molecule has 0 radical (unpaired) electrons. The van der Waals surface area contributed by atoms with Crippen LogP contribution in [0.15, 0.2) is 60.4 Å². The largest absolute Gasteiger partial charge is 0.445 e. The molecular weight excluding hydrogens is 417 g/mol. The van der Waals surface area contributed by atoms with Gasteiger partial charge in [-0.3, -0.25) is 9.63 Å². The summed E-state index contributed by atoms with van der Waals surface area (Å²) in [6.45, 7) is 3.41. The minimum atomic E-state index is -1.12. The molecule has 152 valence electrons. The van der Waals surface area contributed by atoms with Gasteiger partial charge in [-0.25, -0.2) is 9.86 Å². The number of hydrogen-bond acceptors (Lipinski definition) is 5. The highest BCUT2D eigenvalue weighted by Gasteiger charge is 2.38. The van der Waals surface area contributed by atoms with E-state index in [1.165, 1.54) is 0 Å². The maximum atomic E-state index is 12.8. The molecule has 0 spiro atoms. The second-order valence-corrected chi connectivity index (χ2v) is 7.60. The van der Waals surface area contributed by atoms with E-state index in [0.29, 0.717) is 15.6 Å². The number of hydrogen-bond donors (Lipinski definition) is 0. The standard InChI is InChI=1S/C21H19Cl2NO5/c1-21(2)28-18(20(26)29-21)11-19(25)24(27-13-14-6-4-3-5-7-14)12-15-8-9-16(22)17(23)10-15/h3-11H,12-13H2,1-2H3/b18-11+. The number of rotatable bonds is 6. The summed E-state index contributed by atoms with van der Waals surface area (Å²) in [5.41, 5.74) is 1.58. The van der Waals surface area contributed by atoms with Crippen LogP contribution >= 0.6 is 23.2 Å². The van der Waals surface area contributed by atoms with E-state index in [0.717, 1.165) is 16.7 Å². The maximum Gasteiger partial charge on any atom is 0.377 e. The molecule has 1 amide bonds. The number of amides is 1. The number of carbonyl (C=O) groups is 2. The van der Waals surface area contributed by atoms with Gasteiger partial charge in [0.15, 0.2) is 0 Å². The number of halogens is 2. The van der Waals surface area contributed by atoms with Gasteiger partial charge in [-0.15, -0.1) is 0 Å². The minimum absolute atomic E-state index is 0.0881. The molecule has 0 saturated carbocycles. The fourth-order valence-electron chi connectivity index (χ4n) is 2.59. The zero-order valence-electron chi connectivity index (χ0n) is 15.9. The van der Waals surface area contributed by atoms with E-state index < -0.39 is 17.7 Å². The molecular formula is C21H19Cl2NO5. The molecule has 0 aromatic heterocycles. The van der Waals surface area contributed by atoms with Crippen molar-refractivity contribution in [2.45, 2.75) is 32.8 Å². The summed E-state index contributed by atoms with van der Waals surface area (Å²) in [6.07, 6.45) is 1.06. The molecule has 1 heterocycles. The fourth-order valence-corrected chi connectivity index (χ4v) is 2.91. The lowest BCUT2D eigenvalue weighted by atomic mass is 10.2. The van der Waals surface area contributed by atoms with E-state index in [2.05, 4.69) is 0 Å². The zero-order chi connectivity index (χ0) is 21.0. The summed E-state index contributed by atoms with van der Waals surface area (Å²) in [7, 11) is 0. The number of esters is 1. The van der Waals surface area contributed by atoms with Crippen molar-refractivity contribution >= 4 is 35.1 Å². The lowest BCUT2D eigenvalue weighted by Gasteiger charge is -2.21. The van der Waals surface area contributed by atoms with Crippen molar-refractivity contribution in [1.29, 1.82) is 0 Å². The van der Waals surface area contributed by atoms with Gasteiger partial charge in [-0.05, 0) is 23.3 Å². The highest BCUT2D eigenvalue weighted by Crippen LogP contribution is 2.27. The molecule has 0 unspecified atom stereocenters. The summed E-state index contributed by atoms with van der Waals surface area (Å²) in [5, 5.41) is 1.90. The van der Waals surface area contributed by atoms with E-state index in [1.807, 2.05) is 30.3 Å². The van der Waals surface area contributed by atoms with Crippen molar-refractivity contribution in [3.8, 4) is 0 Å². The first-order valence-electron chi connectivity index (χ1n) is 8.80. The normalized spacial score (nSPS) is 16.4. The Bertz CT molecular complexity index is 943. The second kappa shape index (κ2) is 8.86. The van der Waals surface area contributed by atoms with Gasteiger partial charge in [0.1, 0.15) is 6.61 Å². The highest BCUT2D eigenvalue weighted by atomic mass is 35.5. The summed E-state index contributed by atoms with van der Waals surface area (Å²) < 4.78 is 10.4. The second-order valence-electron chi connectivity index (χ2n) is 6.78. The highest BCUT2D eigenvalue weighted by molar-refractivity contribution is 6.42. The van der Waals surface area contributed by atoms with Crippen LogP contribution in [0.3, 0.4) is 0 Å². The number of hydroxylamine groups is 2. The van der Waals surface area contributed by atoms with Crippen LogP contribution < -0.4 is 0 Å². The average molecular weight is 436 g/mol. The van der Waals surface area contributed by atoms with E-state index in [4.69, 9.17) is 37.5 Å². The SMILES string of the molecule is CC1(C)OC(=O)/C(=C\C(=O)N(Cc2ccc(Cl)c(Cl)c2)OCc2ccccc2)O1. The van der Waals surface area contributed by atoms with Gasteiger partial charge in [0.2, 0.25) is 11.5 Å². The molecule has 0 bridgehead atoms. The Balaban J connectivity index is 1.80. The van der Waals surface area contributed by atoms with E-state index in [-0.39, 0.29) is 18.9 Å². The first-order valence-corrected chi connectivity index (χ1v) is 9.55. The van der Waals surface area contributed by atoms with Crippen molar-refractivity contribution in [1.82, 2.24) is 5.06 Å². The van der Waals surface area contributed by atoms with Crippen LogP contribution in [0.25, 0.3) is 0 Å². The quantitative estimate of drug-likeness (QED) is 0.375. The molecule has 1 saturated heterocycles. The third-order valence-corrected chi connectivity index (χ3v) is 4.67. The average Bonchev–Trinajstić information content (AvgIpc) is 2.93. The number of ether oxygens (including phenoxy) is 2. The Morgan fingerprint density at radius 2 is 1.79 bits per heavy atom. The topological polar surface area (TPSA) is 65.1 Å². The van der Waals surface area contributed by atoms with Gasteiger partial charge >= 0.3 is 5.97 Å². The summed E-state index contributed by atoms with van der Waals surface area (Å²) in [5.74, 6) is -2.58. The van der Waals surface area contributed by atoms with Crippen molar-refractivity contribution in [3.05, 3.63) is 81.5 Å². The first-order chi connectivity index (χ1) is 13.7. The molecule has 3 rings (SSSR count). The number of carbonyl (C=O) groups excluding carboxylic acids is 2. The van der Waals surface area contributed by atoms with Crippen molar-refractivity contribution in [2.24, 2.45) is 0 Å². The fraction of sp³-hybridized carbons (Fsp3) is 0.238. The van der Waals surface area contributed by atoms with E-state index in [1.54, 1.807) is 32.0 Å². The summed E-state index contributed by atoms with van der Waals surface area (Å²) in [4.78, 5) is 30.4. The van der Waals surface area contributed by atoms with Crippen molar-refractivity contribution in [2.75, 3.05) is 0 Å². The molecule has 2 aromatic rings. The molecule has 1 aliphatic rings. The van der Waals surface area contributed by atoms with E-state index >= 15 is 0 Å². The van der Waals surface area contributed by atoms with Crippen LogP contribution in [0.1, 0.15) is 25.0 Å². The molecule has 0 N–H and O–H groups in total. The van der Waals surface area contributed by atoms with E-state index in [9.17, 15) is 9.59 Å².